The second kappa shape index (κ2) is 19.6. The van der Waals surface area contributed by atoms with Gasteiger partial charge in [-0.3, -0.25) is 0 Å². The molecule has 2 aliphatic rings. The van der Waals surface area contributed by atoms with Crippen LogP contribution in [0, 0.1) is 0 Å². The molecule has 0 radical (unpaired) electrons. The maximum Gasteiger partial charge on any atom is 0.342 e. The molecule has 0 saturated carbocycles. The van der Waals surface area contributed by atoms with Crippen LogP contribution in [0.1, 0.15) is 31.8 Å². The molecule has 4 aromatic carbocycles. The van der Waals surface area contributed by atoms with Crippen molar-refractivity contribution in [1.29, 1.82) is 0 Å². The van der Waals surface area contributed by atoms with Gasteiger partial charge < -0.3 is 120 Å². The van der Waals surface area contributed by atoms with Crippen LogP contribution in [0.25, 0.3) is 0 Å². The standard InChI is InChI=1S/C40H42O26/c41-8-23-26(51)28(53)31(56)39(62-23)65-35-17(44)1-12(2-18(35)45)10-60-37(58)14-5-21(48)34(22(49)6-14)64-33-15(7-16(43)25(50)30(33)55)38(59)61-11-13-3-19(46)36(20(47)4-13)66-40-32(57)29(54)27(52)24(9-42)63-40/h1-7,23-24,26-29,31-32,39-57H,8-11H2/t23-,24-,26-,27-,28+,29+,31-,32-,39+,40+/m1/s1. The monoisotopic (exact) mass is 938 g/mol. The first-order chi connectivity index (χ1) is 31.1. The van der Waals surface area contributed by atoms with Crippen LogP contribution in [0.3, 0.4) is 0 Å². The minimum Gasteiger partial charge on any atom is -0.504 e. The molecule has 66 heavy (non-hydrogen) atoms. The number of aromatic hydroxyl groups is 9. The number of ether oxygens (including phenoxy) is 7. The Hall–Kier alpha value is -6.98. The molecule has 4 aromatic rings. The number of aliphatic hydroxyl groups excluding tert-OH is 8. The highest BCUT2D eigenvalue weighted by Crippen LogP contribution is 2.50. The Balaban J connectivity index is 1.12. The van der Waals surface area contributed by atoms with E-state index in [4.69, 9.17) is 33.2 Å². The van der Waals surface area contributed by atoms with Crippen molar-refractivity contribution >= 4 is 11.9 Å². The van der Waals surface area contributed by atoms with E-state index in [1.54, 1.807) is 0 Å². The SMILES string of the molecule is O=C(OCc1cc(O)c(O[C@@H]2O[C@H](CO)[C@@H](O)[C@H](O)[C@H]2O)c(O)c1)c1cc(O)c(Oc2c(C(=O)OCc3cc(O)c(O[C@@H]4O[C@H](CO)[C@@H](O)[C@H](O)[C@H]4O)c(O)c3)cc(O)c(O)c2O)c(O)c1. The van der Waals surface area contributed by atoms with E-state index in [0.717, 1.165) is 24.3 Å². The van der Waals surface area contributed by atoms with Crippen molar-refractivity contribution in [3.8, 4) is 74.7 Å². The number of aliphatic hydroxyl groups is 8. The number of benzene rings is 4. The van der Waals surface area contributed by atoms with E-state index in [1.165, 1.54) is 0 Å². The summed E-state index contributed by atoms with van der Waals surface area (Å²) in [5, 5.41) is 174. The highest BCUT2D eigenvalue weighted by molar-refractivity contribution is 5.95. The maximum absolute atomic E-state index is 13.3. The number of phenolic OH excluding ortho intramolecular Hbond substituents is 9. The molecule has 0 aromatic heterocycles. The van der Waals surface area contributed by atoms with Gasteiger partial charge in [-0.05, 0) is 47.5 Å². The summed E-state index contributed by atoms with van der Waals surface area (Å²) in [6.45, 7) is -3.05. The molecule has 26 heteroatoms. The summed E-state index contributed by atoms with van der Waals surface area (Å²) >= 11 is 0. The summed E-state index contributed by atoms with van der Waals surface area (Å²) in [6, 6.07) is 5.68. The van der Waals surface area contributed by atoms with Crippen LogP contribution >= 0.6 is 0 Å². The Kier molecular flexibility index (Phi) is 14.4. The molecular formula is C40H42O26. The van der Waals surface area contributed by atoms with Gasteiger partial charge in [-0.25, -0.2) is 9.59 Å². The second-order valence-corrected chi connectivity index (χ2v) is 14.6. The molecule has 2 fully saturated rings. The first kappa shape index (κ1) is 48.5. The number of rotatable bonds is 14. The van der Waals surface area contributed by atoms with Crippen molar-refractivity contribution in [3.63, 3.8) is 0 Å². The van der Waals surface area contributed by atoms with Gasteiger partial charge in [-0.2, -0.15) is 0 Å². The molecule has 10 atom stereocenters. The first-order valence-electron chi connectivity index (χ1n) is 19.1. The van der Waals surface area contributed by atoms with Crippen LogP contribution in [-0.2, 0) is 32.2 Å². The minimum atomic E-state index is -1.91. The zero-order valence-electron chi connectivity index (χ0n) is 33.4. The van der Waals surface area contributed by atoms with E-state index in [0.29, 0.717) is 18.2 Å². The van der Waals surface area contributed by atoms with Crippen LogP contribution in [-0.4, -0.2) is 173 Å². The van der Waals surface area contributed by atoms with E-state index in [2.05, 4.69) is 0 Å². The van der Waals surface area contributed by atoms with Gasteiger partial charge >= 0.3 is 11.9 Å². The average Bonchev–Trinajstić information content (AvgIpc) is 3.27. The molecular weight excluding hydrogens is 896 g/mol. The molecule has 0 bridgehead atoms. The average molecular weight is 939 g/mol. The van der Waals surface area contributed by atoms with Gasteiger partial charge in [0.2, 0.25) is 41.3 Å². The van der Waals surface area contributed by atoms with Crippen molar-refractivity contribution in [1.82, 2.24) is 0 Å². The maximum atomic E-state index is 13.3. The second-order valence-electron chi connectivity index (χ2n) is 14.6. The van der Waals surface area contributed by atoms with Crippen molar-refractivity contribution in [3.05, 3.63) is 64.7 Å². The topological polar surface area (TPSA) is 443 Å². The van der Waals surface area contributed by atoms with Gasteiger partial charge in [0.15, 0.2) is 46.0 Å². The quantitative estimate of drug-likeness (QED) is 0.0476. The lowest BCUT2D eigenvalue weighted by molar-refractivity contribution is -0.277. The number of phenols is 9. The third-order valence-corrected chi connectivity index (χ3v) is 10.0. The molecule has 0 unspecified atom stereocenters. The van der Waals surface area contributed by atoms with Gasteiger partial charge in [0, 0.05) is 6.07 Å². The zero-order chi connectivity index (χ0) is 48.5. The minimum absolute atomic E-state index is 0.0682. The molecule has 0 spiro atoms. The molecule has 2 heterocycles. The number of hydrogen-bond donors (Lipinski definition) is 17. The summed E-state index contributed by atoms with van der Waals surface area (Å²) in [7, 11) is 0. The summed E-state index contributed by atoms with van der Waals surface area (Å²) in [6.07, 6.45) is -17.3. The fourth-order valence-corrected chi connectivity index (χ4v) is 6.54. The Morgan fingerprint density at radius 2 is 0.848 bits per heavy atom. The van der Waals surface area contributed by atoms with Crippen LogP contribution in [0.5, 0.6) is 74.7 Å². The summed E-state index contributed by atoms with van der Waals surface area (Å²) in [5.74, 6) is -14.9. The Bertz CT molecular complexity index is 2370. The van der Waals surface area contributed by atoms with Crippen molar-refractivity contribution in [2.75, 3.05) is 13.2 Å². The van der Waals surface area contributed by atoms with Crippen molar-refractivity contribution in [2.45, 2.75) is 74.6 Å². The van der Waals surface area contributed by atoms with Crippen LogP contribution in [0.2, 0.25) is 0 Å². The predicted octanol–water partition coefficient (Wildman–Crippen LogP) is -2.10. The van der Waals surface area contributed by atoms with E-state index >= 15 is 0 Å². The molecule has 26 nitrogen and oxygen atoms in total. The van der Waals surface area contributed by atoms with Gasteiger partial charge in [0.05, 0.1) is 18.8 Å². The molecule has 6 rings (SSSR count). The van der Waals surface area contributed by atoms with Crippen LogP contribution in [0.15, 0.2) is 42.5 Å². The molecule has 358 valence electrons. The normalized spacial score (nSPS) is 25.2. The largest absolute Gasteiger partial charge is 0.504 e. The van der Waals surface area contributed by atoms with Crippen LogP contribution < -0.4 is 14.2 Å². The Morgan fingerprint density at radius 1 is 0.455 bits per heavy atom. The highest BCUT2D eigenvalue weighted by Gasteiger charge is 2.46. The van der Waals surface area contributed by atoms with Gasteiger partial charge in [0.1, 0.15) is 67.6 Å². The van der Waals surface area contributed by atoms with Crippen LogP contribution in [0.4, 0.5) is 0 Å². The summed E-state index contributed by atoms with van der Waals surface area (Å²) in [5.41, 5.74) is -1.60. The predicted molar refractivity (Wildman–Crippen MR) is 208 cm³/mol. The third kappa shape index (κ3) is 9.82. The summed E-state index contributed by atoms with van der Waals surface area (Å²) in [4.78, 5) is 26.2. The molecule has 2 aliphatic heterocycles. The van der Waals surface area contributed by atoms with E-state index in [-0.39, 0.29) is 11.1 Å². The van der Waals surface area contributed by atoms with Gasteiger partial charge in [-0.1, -0.05) is 0 Å². The van der Waals surface area contributed by atoms with E-state index in [9.17, 15) is 96.4 Å². The number of carbonyl (C=O) groups excluding carboxylic acids is 2. The lowest BCUT2D eigenvalue weighted by atomic mass is 9.99. The third-order valence-electron chi connectivity index (χ3n) is 10.0. The highest BCUT2D eigenvalue weighted by atomic mass is 16.7. The lowest BCUT2D eigenvalue weighted by Crippen LogP contribution is -2.60. The number of carbonyl (C=O) groups is 2. The Morgan fingerprint density at radius 3 is 1.26 bits per heavy atom. The fraction of sp³-hybridized carbons (Fsp3) is 0.350. The number of hydrogen-bond acceptors (Lipinski definition) is 26. The fourth-order valence-electron chi connectivity index (χ4n) is 6.54. The van der Waals surface area contributed by atoms with E-state index in [1.807, 2.05) is 0 Å². The van der Waals surface area contributed by atoms with Crippen molar-refractivity contribution < 1.29 is 130 Å². The molecule has 0 aliphatic carbocycles. The van der Waals surface area contributed by atoms with Crippen molar-refractivity contribution in [2.24, 2.45) is 0 Å². The van der Waals surface area contributed by atoms with E-state index < -0.39 is 186 Å². The molecule has 0 amide bonds. The zero-order valence-corrected chi connectivity index (χ0v) is 33.4. The number of esters is 2. The summed E-state index contributed by atoms with van der Waals surface area (Å²) < 4.78 is 36.6. The van der Waals surface area contributed by atoms with Gasteiger partial charge in [0.25, 0.3) is 0 Å². The molecule has 2 saturated heterocycles. The first-order valence-corrected chi connectivity index (χ1v) is 19.1. The molecule has 17 N–H and O–H groups in total. The Labute approximate surface area is 368 Å². The lowest BCUT2D eigenvalue weighted by Gasteiger charge is -2.39. The smallest absolute Gasteiger partial charge is 0.342 e. The van der Waals surface area contributed by atoms with Gasteiger partial charge in [-0.15, -0.1) is 0 Å².